The molecule has 1 aromatic carbocycles. The third kappa shape index (κ3) is 6.75. The molecule has 2 aromatic rings. The molecule has 1 aromatic heterocycles. The van der Waals surface area contributed by atoms with Gasteiger partial charge in [0.1, 0.15) is 11.6 Å². The number of halogens is 1. The lowest BCUT2D eigenvalue weighted by molar-refractivity contribution is 0.624. The van der Waals surface area contributed by atoms with Crippen LogP contribution in [0.15, 0.2) is 47.6 Å². The zero-order valence-corrected chi connectivity index (χ0v) is 19.7. The normalized spacial score (nSPS) is 15.2. The standard InChI is InChI=1S/C23H33FN6S/c1-23(2,31-4)17-28-22(25-3)27-16-18-9-10-26-21(15-18)30-13-11-29(12-14-30)20-7-5-19(24)6-8-20/h5-10,15H,11-14,16-17H2,1-4H3,(H2,25,27,28). The Bertz CT molecular complexity index is 863. The Hall–Kier alpha value is -2.48. The predicted molar refractivity (Wildman–Crippen MR) is 131 cm³/mol. The van der Waals surface area contributed by atoms with E-state index in [1.165, 1.54) is 12.1 Å². The molecule has 1 saturated heterocycles. The number of nitrogens with zero attached hydrogens (tertiary/aromatic N) is 4. The summed E-state index contributed by atoms with van der Waals surface area (Å²) in [5.41, 5.74) is 2.23. The third-order valence-electron chi connectivity index (χ3n) is 5.52. The van der Waals surface area contributed by atoms with E-state index in [-0.39, 0.29) is 10.6 Å². The first kappa shape index (κ1) is 23.2. The van der Waals surface area contributed by atoms with Crippen molar-refractivity contribution in [3.8, 4) is 0 Å². The van der Waals surface area contributed by atoms with Gasteiger partial charge in [0.25, 0.3) is 0 Å². The van der Waals surface area contributed by atoms with Crippen molar-refractivity contribution in [3.05, 3.63) is 54.0 Å². The number of thioether (sulfide) groups is 1. The monoisotopic (exact) mass is 444 g/mol. The summed E-state index contributed by atoms with van der Waals surface area (Å²) in [7, 11) is 1.79. The summed E-state index contributed by atoms with van der Waals surface area (Å²) in [6.07, 6.45) is 3.99. The molecule has 1 aliphatic heterocycles. The first-order valence-electron chi connectivity index (χ1n) is 10.6. The number of hydrogen-bond acceptors (Lipinski definition) is 5. The molecule has 2 heterocycles. The fraction of sp³-hybridized carbons (Fsp3) is 0.478. The average molecular weight is 445 g/mol. The second-order valence-electron chi connectivity index (χ2n) is 8.22. The number of piperazine rings is 1. The van der Waals surface area contributed by atoms with Crippen molar-refractivity contribution in [2.75, 3.05) is 55.8 Å². The highest BCUT2D eigenvalue weighted by Gasteiger charge is 2.19. The third-order valence-corrected chi connectivity index (χ3v) is 6.77. The van der Waals surface area contributed by atoms with Gasteiger partial charge in [0, 0.05) is 62.9 Å². The van der Waals surface area contributed by atoms with E-state index < -0.39 is 0 Å². The lowest BCUT2D eigenvalue weighted by Gasteiger charge is -2.36. The number of guanidine groups is 1. The first-order chi connectivity index (χ1) is 14.9. The zero-order valence-electron chi connectivity index (χ0n) is 18.9. The van der Waals surface area contributed by atoms with Crippen LogP contribution in [-0.4, -0.2) is 61.7 Å². The SMILES string of the molecule is CN=C(NCc1ccnc(N2CCN(c3ccc(F)cc3)CC2)c1)NCC(C)(C)SC. The molecule has 6 nitrogen and oxygen atoms in total. The Labute approximate surface area is 189 Å². The highest BCUT2D eigenvalue weighted by atomic mass is 32.2. The Balaban J connectivity index is 1.53. The van der Waals surface area contributed by atoms with Crippen LogP contribution < -0.4 is 20.4 Å². The van der Waals surface area contributed by atoms with Crippen LogP contribution in [0.2, 0.25) is 0 Å². The molecular weight excluding hydrogens is 411 g/mol. The number of anilines is 2. The van der Waals surface area contributed by atoms with Crippen molar-refractivity contribution in [2.45, 2.75) is 25.1 Å². The van der Waals surface area contributed by atoms with E-state index in [0.717, 1.165) is 55.8 Å². The quantitative estimate of drug-likeness (QED) is 0.505. The number of aliphatic imine (C=N–C) groups is 1. The summed E-state index contributed by atoms with van der Waals surface area (Å²) in [6, 6.07) is 10.9. The number of benzene rings is 1. The topological polar surface area (TPSA) is 55.8 Å². The largest absolute Gasteiger partial charge is 0.368 e. The fourth-order valence-electron chi connectivity index (χ4n) is 3.36. The van der Waals surface area contributed by atoms with E-state index >= 15 is 0 Å². The van der Waals surface area contributed by atoms with E-state index in [1.54, 1.807) is 7.05 Å². The fourth-order valence-corrected chi connectivity index (χ4v) is 3.58. The molecule has 0 amide bonds. The van der Waals surface area contributed by atoms with Gasteiger partial charge in [0.15, 0.2) is 5.96 Å². The van der Waals surface area contributed by atoms with Crippen LogP contribution in [-0.2, 0) is 6.54 Å². The van der Waals surface area contributed by atoms with Gasteiger partial charge in [-0.2, -0.15) is 11.8 Å². The van der Waals surface area contributed by atoms with Gasteiger partial charge < -0.3 is 20.4 Å². The van der Waals surface area contributed by atoms with Crippen LogP contribution in [0.25, 0.3) is 0 Å². The molecule has 31 heavy (non-hydrogen) atoms. The molecule has 0 radical (unpaired) electrons. The van der Waals surface area contributed by atoms with E-state index in [4.69, 9.17) is 0 Å². The molecule has 0 bridgehead atoms. The maximum atomic E-state index is 13.2. The number of rotatable bonds is 7. The van der Waals surface area contributed by atoms with Gasteiger partial charge in [-0.05, 0) is 62.1 Å². The smallest absolute Gasteiger partial charge is 0.191 e. The van der Waals surface area contributed by atoms with E-state index in [2.05, 4.69) is 56.6 Å². The molecule has 0 spiro atoms. The first-order valence-corrected chi connectivity index (χ1v) is 11.8. The van der Waals surface area contributed by atoms with Gasteiger partial charge in [0.2, 0.25) is 0 Å². The van der Waals surface area contributed by atoms with Gasteiger partial charge in [-0.15, -0.1) is 0 Å². The molecule has 0 atom stereocenters. The van der Waals surface area contributed by atoms with Crippen LogP contribution in [0.1, 0.15) is 19.4 Å². The van der Waals surface area contributed by atoms with E-state index in [9.17, 15) is 4.39 Å². The molecule has 3 rings (SSSR count). The number of hydrogen-bond donors (Lipinski definition) is 2. The molecule has 0 saturated carbocycles. The molecule has 1 aliphatic rings. The second kappa shape index (κ2) is 10.7. The Morgan fingerprint density at radius 2 is 1.77 bits per heavy atom. The van der Waals surface area contributed by atoms with Crippen molar-refractivity contribution < 1.29 is 4.39 Å². The summed E-state index contributed by atoms with van der Waals surface area (Å²) in [4.78, 5) is 13.5. The van der Waals surface area contributed by atoms with Crippen molar-refractivity contribution >= 4 is 29.2 Å². The summed E-state index contributed by atoms with van der Waals surface area (Å²) >= 11 is 1.83. The molecule has 0 unspecified atom stereocenters. The maximum Gasteiger partial charge on any atom is 0.191 e. The molecule has 2 N–H and O–H groups in total. The van der Waals surface area contributed by atoms with Gasteiger partial charge in [0.05, 0.1) is 0 Å². The lowest BCUT2D eigenvalue weighted by Crippen LogP contribution is -2.46. The van der Waals surface area contributed by atoms with Crippen molar-refractivity contribution in [1.82, 2.24) is 15.6 Å². The highest BCUT2D eigenvalue weighted by Crippen LogP contribution is 2.21. The highest BCUT2D eigenvalue weighted by molar-refractivity contribution is 7.99. The Kier molecular flexibility index (Phi) is 8.01. The minimum atomic E-state index is -0.198. The number of pyridine rings is 1. The van der Waals surface area contributed by atoms with Crippen molar-refractivity contribution in [3.63, 3.8) is 0 Å². The Morgan fingerprint density at radius 1 is 1.10 bits per heavy atom. The van der Waals surface area contributed by atoms with E-state index in [0.29, 0.717) is 6.54 Å². The number of aromatic nitrogens is 1. The van der Waals surface area contributed by atoms with Gasteiger partial charge >= 0.3 is 0 Å². The lowest BCUT2D eigenvalue weighted by atomic mass is 10.2. The van der Waals surface area contributed by atoms with Gasteiger partial charge in [-0.1, -0.05) is 0 Å². The second-order valence-corrected chi connectivity index (χ2v) is 9.73. The summed E-state index contributed by atoms with van der Waals surface area (Å²) in [5, 5.41) is 6.79. The molecule has 1 fully saturated rings. The molecule has 0 aliphatic carbocycles. The van der Waals surface area contributed by atoms with Crippen LogP contribution in [0.5, 0.6) is 0 Å². The predicted octanol–water partition coefficient (Wildman–Crippen LogP) is 3.35. The van der Waals surface area contributed by atoms with Gasteiger partial charge in [-0.3, -0.25) is 4.99 Å². The summed E-state index contributed by atoms with van der Waals surface area (Å²) in [6.45, 7) is 9.49. The molecular formula is C23H33FN6S. The summed E-state index contributed by atoms with van der Waals surface area (Å²) in [5.74, 6) is 1.59. The van der Waals surface area contributed by atoms with E-state index in [1.807, 2.05) is 36.2 Å². The van der Waals surface area contributed by atoms with Crippen molar-refractivity contribution in [2.24, 2.45) is 4.99 Å². The maximum absolute atomic E-state index is 13.2. The zero-order chi connectivity index (χ0) is 22.3. The Morgan fingerprint density at radius 3 is 2.42 bits per heavy atom. The average Bonchev–Trinajstić information content (AvgIpc) is 2.80. The summed E-state index contributed by atoms with van der Waals surface area (Å²) < 4.78 is 13.3. The van der Waals surface area contributed by atoms with Gasteiger partial charge in [-0.25, -0.2) is 9.37 Å². The van der Waals surface area contributed by atoms with Crippen LogP contribution in [0, 0.1) is 5.82 Å². The molecule has 8 heteroatoms. The minimum Gasteiger partial charge on any atom is -0.368 e. The minimum absolute atomic E-state index is 0.150. The van der Waals surface area contributed by atoms with Crippen molar-refractivity contribution in [1.29, 1.82) is 0 Å². The number of nitrogens with one attached hydrogen (secondary N) is 2. The van der Waals surface area contributed by atoms with Crippen LogP contribution in [0.4, 0.5) is 15.9 Å². The van der Waals surface area contributed by atoms with Crippen LogP contribution in [0.3, 0.4) is 0 Å². The van der Waals surface area contributed by atoms with Crippen LogP contribution >= 0.6 is 11.8 Å². The molecule has 168 valence electrons.